The first-order valence-corrected chi connectivity index (χ1v) is 7.82. The fourth-order valence-electron chi connectivity index (χ4n) is 2.94. The Balaban J connectivity index is 1.63. The Hall–Kier alpha value is -2.95. The number of imide groups is 1. The van der Waals surface area contributed by atoms with E-state index in [2.05, 4.69) is 6.58 Å². The number of carbonyl (C=O) groups is 3. The van der Waals surface area contributed by atoms with Crippen molar-refractivity contribution in [2.24, 2.45) is 0 Å². The van der Waals surface area contributed by atoms with Gasteiger partial charge < -0.3 is 4.90 Å². The van der Waals surface area contributed by atoms with Crippen LogP contribution in [0.1, 0.15) is 27.1 Å². The van der Waals surface area contributed by atoms with Crippen molar-refractivity contribution in [3.05, 3.63) is 71.8 Å². The normalized spacial score (nSPS) is 19.0. The number of carbonyl (C=O) groups excluding carboxylic acids is 3. The number of fused-ring (bicyclic) bond motifs is 1. The summed E-state index contributed by atoms with van der Waals surface area (Å²) in [7, 11) is 0. The molecule has 24 heavy (non-hydrogen) atoms. The summed E-state index contributed by atoms with van der Waals surface area (Å²) in [5.41, 5.74) is 1.89. The van der Waals surface area contributed by atoms with Crippen LogP contribution in [0.25, 0.3) is 0 Å². The van der Waals surface area contributed by atoms with E-state index in [0.717, 1.165) is 5.57 Å². The molecule has 2 heterocycles. The lowest BCUT2D eigenvalue weighted by atomic mass is 10.1. The molecule has 5 heteroatoms. The summed E-state index contributed by atoms with van der Waals surface area (Å²) in [6.07, 6.45) is 7.61. The number of hydrogen-bond acceptors (Lipinski definition) is 3. The second-order valence-corrected chi connectivity index (χ2v) is 5.75. The summed E-state index contributed by atoms with van der Waals surface area (Å²) in [4.78, 5) is 39.6. The fraction of sp³-hybridized carbons (Fsp3) is 0.211. The summed E-state index contributed by atoms with van der Waals surface area (Å²) < 4.78 is 0. The lowest BCUT2D eigenvalue weighted by molar-refractivity contribution is -0.127. The molecule has 0 radical (unpaired) electrons. The third kappa shape index (κ3) is 2.93. The third-order valence-corrected chi connectivity index (χ3v) is 4.18. The maximum Gasteiger partial charge on any atom is 0.261 e. The lowest BCUT2D eigenvalue weighted by Crippen LogP contribution is -2.38. The van der Waals surface area contributed by atoms with Gasteiger partial charge in [-0.05, 0) is 17.7 Å². The molecular formula is C19H18N2O3. The van der Waals surface area contributed by atoms with E-state index in [1.54, 1.807) is 41.3 Å². The molecule has 0 spiro atoms. The molecule has 3 amide bonds. The van der Waals surface area contributed by atoms with Crippen LogP contribution in [0.5, 0.6) is 0 Å². The summed E-state index contributed by atoms with van der Waals surface area (Å²) in [5.74, 6) is -0.552. The van der Waals surface area contributed by atoms with Gasteiger partial charge >= 0.3 is 0 Å². The second kappa shape index (κ2) is 6.66. The highest BCUT2D eigenvalue weighted by atomic mass is 16.2. The fourth-order valence-corrected chi connectivity index (χ4v) is 2.94. The molecular weight excluding hydrogens is 304 g/mol. The number of likely N-dealkylation sites (tertiary alicyclic amines) is 1. The SMILES string of the molecule is C=C/C=C\C=C1\CC(=O)N(CCN2C(=O)c3ccccc3C2=O)C1. The molecule has 3 rings (SSSR count). The molecule has 0 unspecified atom stereocenters. The first-order valence-electron chi connectivity index (χ1n) is 7.82. The Morgan fingerprint density at radius 2 is 1.67 bits per heavy atom. The largest absolute Gasteiger partial charge is 0.337 e. The van der Waals surface area contributed by atoms with E-state index in [1.807, 2.05) is 12.2 Å². The maximum atomic E-state index is 12.3. The van der Waals surface area contributed by atoms with E-state index in [-0.39, 0.29) is 24.3 Å². The highest BCUT2D eigenvalue weighted by molar-refractivity contribution is 6.21. The number of hydrogen-bond donors (Lipinski definition) is 0. The van der Waals surface area contributed by atoms with Crippen LogP contribution in [0.4, 0.5) is 0 Å². The second-order valence-electron chi connectivity index (χ2n) is 5.75. The molecule has 0 aromatic heterocycles. The van der Waals surface area contributed by atoms with Gasteiger partial charge in [-0.3, -0.25) is 19.3 Å². The molecule has 5 nitrogen and oxygen atoms in total. The molecule has 1 aromatic rings. The van der Waals surface area contributed by atoms with Crippen molar-refractivity contribution in [1.82, 2.24) is 9.80 Å². The van der Waals surface area contributed by atoms with E-state index in [1.165, 1.54) is 4.90 Å². The molecule has 0 atom stereocenters. The standard InChI is InChI=1S/C19H18N2O3/c1-2-3-4-7-14-12-17(22)20(13-14)10-11-21-18(23)15-8-5-6-9-16(15)19(21)24/h2-9H,1,10-13H2/b4-3-,14-7-. The third-order valence-electron chi connectivity index (χ3n) is 4.18. The van der Waals surface area contributed by atoms with Crippen LogP contribution in [-0.4, -0.2) is 47.2 Å². The first kappa shape index (κ1) is 15.9. The molecule has 0 bridgehead atoms. The zero-order valence-corrected chi connectivity index (χ0v) is 13.3. The zero-order valence-electron chi connectivity index (χ0n) is 13.3. The summed E-state index contributed by atoms with van der Waals surface area (Å²) in [6, 6.07) is 6.80. The Morgan fingerprint density at radius 3 is 2.29 bits per heavy atom. The Morgan fingerprint density at radius 1 is 1.00 bits per heavy atom. The van der Waals surface area contributed by atoms with Crippen molar-refractivity contribution < 1.29 is 14.4 Å². The van der Waals surface area contributed by atoms with Gasteiger partial charge in [-0.15, -0.1) is 0 Å². The van der Waals surface area contributed by atoms with E-state index in [4.69, 9.17) is 0 Å². The smallest absolute Gasteiger partial charge is 0.261 e. The Bertz CT molecular complexity index is 742. The van der Waals surface area contributed by atoms with Crippen molar-refractivity contribution >= 4 is 17.7 Å². The predicted molar refractivity (Wildman–Crippen MR) is 90.4 cm³/mol. The quantitative estimate of drug-likeness (QED) is 0.617. The first-order chi connectivity index (χ1) is 11.6. The van der Waals surface area contributed by atoms with Crippen LogP contribution in [0, 0.1) is 0 Å². The molecule has 1 aromatic carbocycles. The van der Waals surface area contributed by atoms with E-state index in [9.17, 15) is 14.4 Å². The summed E-state index contributed by atoms with van der Waals surface area (Å²) >= 11 is 0. The zero-order chi connectivity index (χ0) is 17.1. The lowest BCUT2D eigenvalue weighted by Gasteiger charge is -2.19. The molecule has 1 saturated heterocycles. The average Bonchev–Trinajstić information content (AvgIpc) is 3.05. The average molecular weight is 322 g/mol. The summed E-state index contributed by atoms with van der Waals surface area (Å²) in [6.45, 7) is 4.70. The van der Waals surface area contributed by atoms with Crippen molar-refractivity contribution in [3.63, 3.8) is 0 Å². The topological polar surface area (TPSA) is 57.7 Å². The number of rotatable bonds is 5. The van der Waals surface area contributed by atoms with Crippen molar-refractivity contribution in [1.29, 1.82) is 0 Å². The monoisotopic (exact) mass is 322 g/mol. The minimum atomic E-state index is -0.285. The highest BCUT2D eigenvalue weighted by Crippen LogP contribution is 2.23. The van der Waals surface area contributed by atoms with E-state index >= 15 is 0 Å². The van der Waals surface area contributed by atoms with Gasteiger partial charge in [0.1, 0.15) is 0 Å². The minimum absolute atomic E-state index is 0.0184. The molecule has 0 saturated carbocycles. The van der Waals surface area contributed by atoms with Gasteiger partial charge in [0.2, 0.25) is 5.91 Å². The van der Waals surface area contributed by atoms with E-state index in [0.29, 0.717) is 30.6 Å². The van der Waals surface area contributed by atoms with Crippen LogP contribution in [-0.2, 0) is 4.79 Å². The summed E-state index contributed by atoms with van der Waals surface area (Å²) in [5, 5.41) is 0. The molecule has 0 aliphatic carbocycles. The van der Waals surface area contributed by atoms with Crippen LogP contribution in [0.15, 0.2) is 60.7 Å². The van der Waals surface area contributed by atoms with Crippen LogP contribution < -0.4 is 0 Å². The molecule has 0 N–H and O–H groups in total. The molecule has 122 valence electrons. The minimum Gasteiger partial charge on any atom is -0.337 e. The highest BCUT2D eigenvalue weighted by Gasteiger charge is 2.35. The van der Waals surface area contributed by atoms with Gasteiger partial charge in [0.15, 0.2) is 0 Å². The van der Waals surface area contributed by atoms with Crippen molar-refractivity contribution in [2.45, 2.75) is 6.42 Å². The number of nitrogens with zero attached hydrogens (tertiary/aromatic N) is 2. The van der Waals surface area contributed by atoms with Crippen molar-refractivity contribution in [3.8, 4) is 0 Å². The van der Waals surface area contributed by atoms with Gasteiger partial charge in [-0.2, -0.15) is 0 Å². The molecule has 2 aliphatic rings. The van der Waals surface area contributed by atoms with E-state index < -0.39 is 0 Å². The Labute approximate surface area is 140 Å². The van der Waals surface area contributed by atoms with Gasteiger partial charge in [0.05, 0.1) is 11.1 Å². The number of amides is 3. The van der Waals surface area contributed by atoms with Crippen LogP contribution in [0.3, 0.4) is 0 Å². The predicted octanol–water partition coefficient (Wildman–Crippen LogP) is 2.18. The van der Waals surface area contributed by atoms with Gasteiger partial charge in [-0.1, -0.05) is 43.0 Å². The van der Waals surface area contributed by atoms with Gasteiger partial charge in [0, 0.05) is 26.1 Å². The number of benzene rings is 1. The number of allylic oxidation sites excluding steroid dienone is 4. The molecule has 2 aliphatic heterocycles. The maximum absolute atomic E-state index is 12.3. The molecule has 1 fully saturated rings. The van der Waals surface area contributed by atoms with Crippen LogP contribution >= 0.6 is 0 Å². The van der Waals surface area contributed by atoms with Gasteiger partial charge in [0.25, 0.3) is 11.8 Å². The van der Waals surface area contributed by atoms with Gasteiger partial charge in [-0.25, -0.2) is 0 Å². The Kier molecular flexibility index (Phi) is 4.42. The van der Waals surface area contributed by atoms with Crippen molar-refractivity contribution in [2.75, 3.05) is 19.6 Å². The van der Waals surface area contributed by atoms with Crippen LogP contribution in [0.2, 0.25) is 0 Å².